The molecular formula is C14H11Cl2N3O2. The lowest BCUT2D eigenvalue weighted by Gasteiger charge is -2.09. The molecule has 1 aromatic heterocycles. The van der Waals surface area contributed by atoms with Crippen molar-refractivity contribution in [3.8, 4) is 0 Å². The molecule has 7 heteroatoms. The van der Waals surface area contributed by atoms with Crippen LogP contribution in [-0.2, 0) is 4.79 Å². The van der Waals surface area contributed by atoms with Crippen molar-refractivity contribution in [3.63, 3.8) is 0 Å². The summed E-state index contributed by atoms with van der Waals surface area (Å²) in [6.45, 7) is 1.36. The van der Waals surface area contributed by atoms with Crippen molar-refractivity contribution in [3.05, 3.63) is 52.1 Å². The Morgan fingerprint density at radius 1 is 1.10 bits per heavy atom. The summed E-state index contributed by atoms with van der Waals surface area (Å²) >= 11 is 12.0. The second-order valence-electron chi connectivity index (χ2n) is 4.16. The number of hydrogen-bond donors (Lipinski definition) is 2. The molecule has 0 fully saturated rings. The average molecular weight is 324 g/mol. The maximum atomic E-state index is 12.2. The fourth-order valence-corrected chi connectivity index (χ4v) is 2.12. The van der Waals surface area contributed by atoms with Crippen LogP contribution < -0.4 is 10.6 Å². The first-order valence-corrected chi connectivity index (χ1v) is 6.72. The lowest BCUT2D eigenvalue weighted by atomic mass is 10.2. The van der Waals surface area contributed by atoms with Gasteiger partial charge in [0.25, 0.3) is 5.91 Å². The highest BCUT2D eigenvalue weighted by molar-refractivity contribution is 6.40. The average Bonchev–Trinajstić information content (AvgIpc) is 2.42. The fraction of sp³-hybridized carbons (Fsp3) is 0.0714. The molecule has 0 saturated heterocycles. The molecule has 0 aliphatic carbocycles. The number of para-hydroxylation sites is 1. The van der Waals surface area contributed by atoms with E-state index >= 15 is 0 Å². The van der Waals surface area contributed by atoms with Crippen molar-refractivity contribution < 1.29 is 9.59 Å². The van der Waals surface area contributed by atoms with Gasteiger partial charge >= 0.3 is 0 Å². The van der Waals surface area contributed by atoms with Gasteiger partial charge in [-0.2, -0.15) is 0 Å². The number of nitrogens with zero attached hydrogens (tertiary/aromatic N) is 1. The number of carbonyl (C=O) groups is 2. The number of amides is 2. The smallest absolute Gasteiger partial charge is 0.255 e. The Hall–Kier alpha value is -2.11. The van der Waals surface area contributed by atoms with E-state index in [0.29, 0.717) is 27.1 Å². The molecule has 0 spiro atoms. The first kappa shape index (κ1) is 15.3. The van der Waals surface area contributed by atoms with Crippen LogP contribution in [0, 0.1) is 0 Å². The van der Waals surface area contributed by atoms with E-state index in [1.807, 2.05) is 0 Å². The van der Waals surface area contributed by atoms with E-state index < -0.39 is 5.91 Å². The summed E-state index contributed by atoms with van der Waals surface area (Å²) in [5.74, 6) is -0.381. The summed E-state index contributed by atoms with van der Waals surface area (Å²) < 4.78 is 0. The molecule has 21 heavy (non-hydrogen) atoms. The van der Waals surface area contributed by atoms with Crippen LogP contribution in [0.25, 0.3) is 0 Å². The Kier molecular flexibility index (Phi) is 4.77. The molecule has 0 bridgehead atoms. The molecule has 1 aromatic carbocycles. The summed E-state index contributed by atoms with van der Waals surface area (Å²) in [5.41, 5.74) is 0.661. The molecule has 108 valence electrons. The quantitative estimate of drug-likeness (QED) is 0.906. The van der Waals surface area contributed by atoms with E-state index in [-0.39, 0.29) is 5.91 Å². The molecule has 0 saturated carbocycles. The second kappa shape index (κ2) is 6.56. The fourth-order valence-electron chi connectivity index (χ4n) is 1.62. The topological polar surface area (TPSA) is 71.1 Å². The summed E-state index contributed by atoms with van der Waals surface area (Å²) in [6.07, 6.45) is 1.42. The van der Waals surface area contributed by atoms with Gasteiger partial charge in [0.15, 0.2) is 0 Å². The van der Waals surface area contributed by atoms with E-state index in [1.165, 1.54) is 25.3 Å². The number of halogens is 2. The van der Waals surface area contributed by atoms with Crippen molar-refractivity contribution in [2.24, 2.45) is 0 Å². The normalized spacial score (nSPS) is 10.0. The Bertz CT molecular complexity index is 684. The number of pyridine rings is 1. The van der Waals surface area contributed by atoms with Crippen LogP contribution in [0.1, 0.15) is 17.3 Å². The number of aromatic nitrogens is 1. The molecule has 0 aliphatic heterocycles. The van der Waals surface area contributed by atoms with Crippen LogP contribution in [-0.4, -0.2) is 16.8 Å². The third kappa shape index (κ3) is 3.93. The summed E-state index contributed by atoms with van der Waals surface area (Å²) in [7, 11) is 0. The van der Waals surface area contributed by atoms with Gasteiger partial charge in [-0.1, -0.05) is 29.3 Å². The summed E-state index contributed by atoms with van der Waals surface area (Å²) in [6, 6.07) is 7.91. The first-order chi connectivity index (χ1) is 9.97. The van der Waals surface area contributed by atoms with Gasteiger partial charge in [0.05, 0.1) is 15.7 Å². The van der Waals surface area contributed by atoms with Gasteiger partial charge in [-0.3, -0.25) is 9.59 Å². The molecule has 2 amide bonds. The van der Waals surface area contributed by atoms with E-state index in [0.717, 1.165) is 0 Å². The number of anilines is 2. The molecule has 2 N–H and O–H groups in total. The Morgan fingerprint density at radius 3 is 2.38 bits per heavy atom. The Balaban J connectivity index is 2.23. The SMILES string of the molecule is CC(=O)Nc1cc(C(=O)Nc2c(Cl)cccc2Cl)ccn1. The molecule has 0 radical (unpaired) electrons. The number of hydrogen-bond acceptors (Lipinski definition) is 3. The minimum atomic E-state index is -0.404. The zero-order chi connectivity index (χ0) is 15.4. The van der Waals surface area contributed by atoms with E-state index in [2.05, 4.69) is 15.6 Å². The van der Waals surface area contributed by atoms with Gasteiger partial charge in [-0.05, 0) is 24.3 Å². The minimum absolute atomic E-state index is 0.269. The molecule has 0 aliphatic rings. The zero-order valence-corrected chi connectivity index (χ0v) is 12.5. The highest BCUT2D eigenvalue weighted by Gasteiger charge is 2.12. The highest BCUT2D eigenvalue weighted by Crippen LogP contribution is 2.30. The van der Waals surface area contributed by atoms with Crippen LogP contribution in [0.15, 0.2) is 36.5 Å². The first-order valence-electron chi connectivity index (χ1n) is 5.96. The molecule has 0 atom stereocenters. The van der Waals surface area contributed by atoms with E-state index in [9.17, 15) is 9.59 Å². The van der Waals surface area contributed by atoms with Gasteiger partial charge in [0, 0.05) is 18.7 Å². The van der Waals surface area contributed by atoms with Crippen LogP contribution >= 0.6 is 23.2 Å². The minimum Gasteiger partial charge on any atom is -0.319 e. The van der Waals surface area contributed by atoms with Crippen molar-refractivity contribution in [2.75, 3.05) is 10.6 Å². The van der Waals surface area contributed by atoms with E-state index in [1.54, 1.807) is 18.2 Å². The maximum absolute atomic E-state index is 12.2. The van der Waals surface area contributed by atoms with Crippen molar-refractivity contribution in [1.29, 1.82) is 0 Å². The van der Waals surface area contributed by atoms with Crippen LogP contribution in [0.3, 0.4) is 0 Å². The molecule has 5 nitrogen and oxygen atoms in total. The third-order valence-corrected chi connectivity index (χ3v) is 3.16. The Morgan fingerprint density at radius 2 is 1.76 bits per heavy atom. The summed E-state index contributed by atoms with van der Waals surface area (Å²) in [4.78, 5) is 27.1. The highest BCUT2D eigenvalue weighted by atomic mass is 35.5. The van der Waals surface area contributed by atoms with Crippen LogP contribution in [0.2, 0.25) is 10.0 Å². The predicted octanol–water partition coefficient (Wildman–Crippen LogP) is 3.60. The monoisotopic (exact) mass is 323 g/mol. The van der Waals surface area contributed by atoms with Gasteiger partial charge < -0.3 is 10.6 Å². The molecule has 1 heterocycles. The van der Waals surface area contributed by atoms with Crippen LogP contribution in [0.5, 0.6) is 0 Å². The van der Waals surface area contributed by atoms with Crippen LogP contribution in [0.4, 0.5) is 11.5 Å². The van der Waals surface area contributed by atoms with Crippen molar-refractivity contribution >= 4 is 46.5 Å². The second-order valence-corrected chi connectivity index (χ2v) is 4.98. The molecule has 2 rings (SSSR count). The molecule has 2 aromatic rings. The summed E-state index contributed by atoms with van der Waals surface area (Å²) in [5, 5.41) is 5.82. The van der Waals surface area contributed by atoms with Gasteiger partial charge in [0.2, 0.25) is 5.91 Å². The number of benzene rings is 1. The van der Waals surface area contributed by atoms with E-state index in [4.69, 9.17) is 23.2 Å². The number of nitrogens with one attached hydrogen (secondary N) is 2. The van der Waals surface area contributed by atoms with Crippen molar-refractivity contribution in [1.82, 2.24) is 4.98 Å². The lowest BCUT2D eigenvalue weighted by molar-refractivity contribution is -0.114. The number of carbonyl (C=O) groups excluding carboxylic acids is 2. The predicted molar refractivity (Wildman–Crippen MR) is 83.0 cm³/mol. The standard InChI is InChI=1S/C14H11Cl2N3O2/c1-8(20)18-12-7-9(5-6-17-12)14(21)19-13-10(15)3-2-4-11(13)16/h2-7H,1H3,(H,19,21)(H,17,18,20). The Labute approximate surface area is 131 Å². The largest absolute Gasteiger partial charge is 0.319 e. The molecular weight excluding hydrogens is 313 g/mol. The molecule has 0 unspecified atom stereocenters. The number of rotatable bonds is 3. The zero-order valence-electron chi connectivity index (χ0n) is 11.0. The lowest BCUT2D eigenvalue weighted by Crippen LogP contribution is -2.14. The third-order valence-electron chi connectivity index (χ3n) is 2.53. The van der Waals surface area contributed by atoms with Gasteiger partial charge in [-0.15, -0.1) is 0 Å². The van der Waals surface area contributed by atoms with Gasteiger partial charge in [0.1, 0.15) is 5.82 Å². The van der Waals surface area contributed by atoms with Gasteiger partial charge in [-0.25, -0.2) is 4.98 Å². The van der Waals surface area contributed by atoms with Crippen molar-refractivity contribution in [2.45, 2.75) is 6.92 Å². The maximum Gasteiger partial charge on any atom is 0.255 e.